The Morgan fingerprint density at radius 3 is 2.95 bits per heavy atom. The van der Waals surface area contributed by atoms with Crippen LogP contribution in [0.2, 0.25) is 0 Å². The summed E-state index contributed by atoms with van der Waals surface area (Å²) in [6.07, 6.45) is 0.585. The number of pyridine rings is 1. The molecule has 4 nitrogen and oxygen atoms in total. The van der Waals surface area contributed by atoms with Gasteiger partial charge >= 0.3 is 0 Å². The molecule has 3 rings (SSSR count). The SMILES string of the molecule is Cc1cc(C(O)C2(C#N)CCCOC2)c2ccccc2n1. The second-order valence-electron chi connectivity index (χ2n) is 5.70. The number of fused-ring (bicyclic) bond motifs is 1. The number of aliphatic hydroxyl groups excluding tert-OH is 1. The number of nitriles is 1. The van der Waals surface area contributed by atoms with Crippen LogP contribution in [0.25, 0.3) is 10.9 Å². The van der Waals surface area contributed by atoms with Gasteiger partial charge in [0.05, 0.1) is 18.2 Å². The van der Waals surface area contributed by atoms with Crippen molar-refractivity contribution < 1.29 is 9.84 Å². The smallest absolute Gasteiger partial charge is 0.111 e. The van der Waals surface area contributed by atoms with Crippen LogP contribution in [-0.4, -0.2) is 23.3 Å². The van der Waals surface area contributed by atoms with Gasteiger partial charge in [-0.2, -0.15) is 5.26 Å². The summed E-state index contributed by atoms with van der Waals surface area (Å²) in [6, 6.07) is 11.9. The number of hydrogen-bond donors (Lipinski definition) is 1. The van der Waals surface area contributed by atoms with E-state index in [2.05, 4.69) is 11.1 Å². The van der Waals surface area contributed by atoms with Crippen LogP contribution in [0.1, 0.15) is 30.2 Å². The van der Waals surface area contributed by atoms with Crippen molar-refractivity contribution in [2.24, 2.45) is 5.41 Å². The summed E-state index contributed by atoms with van der Waals surface area (Å²) in [5.74, 6) is 0. The Kier molecular flexibility index (Phi) is 3.62. The van der Waals surface area contributed by atoms with Gasteiger partial charge in [0.1, 0.15) is 11.5 Å². The van der Waals surface area contributed by atoms with E-state index >= 15 is 0 Å². The number of aryl methyl sites for hydroxylation is 1. The van der Waals surface area contributed by atoms with Crippen LogP contribution in [-0.2, 0) is 4.74 Å². The molecule has 1 aliphatic heterocycles. The molecule has 108 valence electrons. The molecule has 1 saturated heterocycles. The Bertz CT molecular complexity index is 699. The summed E-state index contributed by atoms with van der Waals surface area (Å²) >= 11 is 0. The van der Waals surface area contributed by atoms with E-state index < -0.39 is 11.5 Å². The van der Waals surface area contributed by atoms with Gasteiger partial charge in [0.2, 0.25) is 0 Å². The highest BCUT2D eigenvalue weighted by atomic mass is 16.5. The lowest BCUT2D eigenvalue weighted by molar-refractivity contribution is -0.0500. The first-order chi connectivity index (χ1) is 10.2. The zero-order valence-corrected chi connectivity index (χ0v) is 12.0. The van der Waals surface area contributed by atoms with Crippen molar-refractivity contribution in [1.82, 2.24) is 4.98 Å². The molecule has 0 amide bonds. The molecule has 2 unspecified atom stereocenters. The van der Waals surface area contributed by atoms with Gasteiger partial charge in [-0.1, -0.05) is 18.2 Å². The summed E-state index contributed by atoms with van der Waals surface area (Å²) in [7, 11) is 0. The van der Waals surface area contributed by atoms with Gasteiger partial charge in [-0.05, 0) is 37.5 Å². The van der Waals surface area contributed by atoms with Crippen molar-refractivity contribution in [3.05, 3.63) is 41.6 Å². The topological polar surface area (TPSA) is 66.1 Å². The first-order valence-corrected chi connectivity index (χ1v) is 7.20. The van der Waals surface area contributed by atoms with Gasteiger partial charge in [0.25, 0.3) is 0 Å². The molecule has 4 heteroatoms. The van der Waals surface area contributed by atoms with Crippen LogP contribution in [0.5, 0.6) is 0 Å². The first kappa shape index (κ1) is 14.0. The van der Waals surface area contributed by atoms with Crippen molar-refractivity contribution in [1.29, 1.82) is 5.26 Å². The summed E-state index contributed by atoms with van der Waals surface area (Å²) in [6.45, 7) is 2.84. The predicted molar refractivity (Wildman–Crippen MR) is 79.5 cm³/mol. The monoisotopic (exact) mass is 282 g/mol. The normalized spacial score (nSPS) is 23.7. The van der Waals surface area contributed by atoms with Crippen LogP contribution < -0.4 is 0 Å². The zero-order chi connectivity index (χ0) is 14.9. The van der Waals surface area contributed by atoms with Gasteiger partial charge in [-0.3, -0.25) is 4.98 Å². The molecule has 2 aromatic rings. The van der Waals surface area contributed by atoms with Crippen molar-refractivity contribution >= 4 is 10.9 Å². The number of aromatic nitrogens is 1. The molecular weight excluding hydrogens is 264 g/mol. The first-order valence-electron chi connectivity index (χ1n) is 7.20. The van der Waals surface area contributed by atoms with Crippen LogP contribution in [0, 0.1) is 23.7 Å². The number of hydrogen-bond acceptors (Lipinski definition) is 4. The van der Waals surface area contributed by atoms with E-state index in [1.165, 1.54) is 0 Å². The largest absolute Gasteiger partial charge is 0.387 e. The second kappa shape index (κ2) is 5.44. The van der Waals surface area contributed by atoms with E-state index in [0.717, 1.165) is 28.6 Å². The van der Waals surface area contributed by atoms with Gasteiger partial charge < -0.3 is 9.84 Å². The van der Waals surface area contributed by atoms with Crippen molar-refractivity contribution in [2.45, 2.75) is 25.9 Å². The van der Waals surface area contributed by atoms with Crippen molar-refractivity contribution in [3.8, 4) is 6.07 Å². The molecule has 0 aliphatic carbocycles. The van der Waals surface area contributed by atoms with Gasteiger partial charge in [0.15, 0.2) is 0 Å². The highest BCUT2D eigenvalue weighted by Gasteiger charge is 2.42. The summed E-state index contributed by atoms with van der Waals surface area (Å²) < 4.78 is 5.46. The Labute approximate surface area is 124 Å². The predicted octanol–water partition coefficient (Wildman–Crippen LogP) is 2.90. The van der Waals surface area contributed by atoms with Crippen LogP contribution in [0.15, 0.2) is 30.3 Å². The van der Waals surface area contributed by atoms with Gasteiger partial charge in [0, 0.05) is 17.7 Å². The molecule has 1 aromatic heterocycles. The third-order valence-corrected chi connectivity index (χ3v) is 4.19. The minimum Gasteiger partial charge on any atom is -0.387 e. The molecule has 2 heterocycles. The second-order valence-corrected chi connectivity index (χ2v) is 5.70. The van der Waals surface area contributed by atoms with Gasteiger partial charge in [-0.15, -0.1) is 0 Å². The standard InChI is InChI=1S/C17H18N2O2/c1-12-9-14(13-5-2-3-6-15(13)19-12)16(20)17(10-18)7-4-8-21-11-17/h2-3,5-6,9,16,20H,4,7-8,11H2,1H3. The Hall–Kier alpha value is -1.96. The number of ether oxygens (including phenoxy) is 1. The third-order valence-electron chi connectivity index (χ3n) is 4.19. The molecule has 1 aromatic carbocycles. The average molecular weight is 282 g/mol. The minimum absolute atomic E-state index is 0.278. The minimum atomic E-state index is -0.866. The van der Waals surface area contributed by atoms with E-state index in [-0.39, 0.29) is 6.61 Å². The third kappa shape index (κ3) is 2.39. The Balaban J connectivity index is 2.13. The van der Waals surface area contributed by atoms with Crippen LogP contribution in [0.4, 0.5) is 0 Å². The number of para-hydroxylation sites is 1. The molecule has 1 aliphatic rings. The van der Waals surface area contributed by atoms with E-state index in [1.807, 2.05) is 37.3 Å². The number of rotatable bonds is 2. The average Bonchev–Trinajstić information content (AvgIpc) is 2.54. The summed E-state index contributed by atoms with van der Waals surface area (Å²) in [5.41, 5.74) is 1.59. The lowest BCUT2D eigenvalue weighted by Crippen LogP contribution is -2.36. The summed E-state index contributed by atoms with van der Waals surface area (Å²) in [4.78, 5) is 4.49. The maximum Gasteiger partial charge on any atom is 0.111 e. The maximum atomic E-state index is 10.9. The van der Waals surface area contributed by atoms with Crippen LogP contribution in [0.3, 0.4) is 0 Å². The van der Waals surface area contributed by atoms with E-state index in [1.54, 1.807) is 0 Å². The van der Waals surface area contributed by atoms with E-state index in [4.69, 9.17) is 4.74 Å². The molecule has 0 saturated carbocycles. The fourth-order valence-electron chi connectivity index (χ4n) is 3.05. The number of nitrogens with zero attached hydrogens (tertiary/aromatic N) is 2. The molecule has 0 spiro atoms. The summed E-state index contributed by atoms with van der Waals surface area (Å²) in [5, 5.41) is 21.4. The molecule has 2 atom stereocenters. The maximum absolute atomic E-state index is 10.9. The molecule has 0 bridgehead atoms. The molecular formula is C17H18N2O2. The van der Waals surface area contributed by atoms with Crippen LogP contribution >= 0.6 is 0 Å². The molecule has 1 fully saturated rings. The fraction of sp³-hybridized carbons (Fsp3) is 0.412. The lowest BCUT2D eigenvalue weighted by atomic mass is 9.75. The van der Waals surface area contributed by atoms with Crippen molar-refractivity contribution in [2.75, 3.05) is 13.2 Å². The van der Waals surface area contributed by atoms with E-state index in [0.29, 0.717) is 13.0 Å². The number of benzene rings is 1. The highest BCUT2D eigenvalue weighted by Crippen LogP contribution is 2.42. The molecule has 1 N–H and O–H groups in total. The molecule has 0 radical (unpaired) electrons. The lowest BCUT2D eigenvalue weighted by Gasteiger charge is -2.35. The zero-order valence-electron chi connectivity index (χ0n) is 12.0. The Morgan fingerprint density at radius 1 is 1.43 bits per heavy atom. The molecule has 21 heavy (non-hydrogen) atoms. The van der Waals surface area contributed by atoms with E-state index in [9.17, 15) is 10.4 Å². The Morgan fingerprint density at radius 2 is 2.24 bits per heavy atom. The van der Waals surface area contributed by atoms with Crippen molar-refractivity contribution in [3.63, 3.8) is 0 Å². The number of aliphatic hydroxyl groups is 1. The quantitative estimate of drug-likeness (QED) is 0.919. The van der Waals surface area contributed by atoms with Gasteiger partial charge in [-0.25, -0.2) is 0 Å². The highest BCUT2D eigenvalue weighted by molar-refractivity contribution is 5.82. The fourth-order valence-corrected chi connectivity index (χ4v) is 3.05.